The fourth-order valence-electron chi connectivity index (χ4n) is 1.42. The van der Waals surface area contributed by atoms with Crippen molar-refractivity contribution < 1.29 is 9.53 Å². The highest BCUT2D eigenvalue weighted by Crippen LogP contribution is 2.21. The van der Waals surface area contributed by atoms with Crippen LogP contribution >= 0.6 is 11.6 Å². The maximum Gasteiger partial charge on any atom is 0.309 e. The number of H-pyrrole nitrogens is 1. The van der Waals surface area contributed by atoms with Gasteiger partial charge in [-0.15, -0.1) is 0 Å². The molecule has 0 bridgehead atoms. The molecular weight excluding hydrogens is 242 g/mol. The van der Waals surface area contributed by atoms with E-state index in [0.717, 1.165) is 11.1 Å². The van der Waals surface area contributed by atoms with Crippen molar-refractivity contribution in [2.75, 3.05) is 7.11 Å². The van der Waals surface area contributed by atoms with Gasteiger partial charge in [-0.25, -0.2) is 9.97 Å². The van der Waals surface area contributed by atoms with Crippen LogP contribution in [-0.2, 0) is 9.53 Å². The predicted octanol–water partition coefficient (Wildman–Crippen LogP) is 2.19. The average molecular weight is 252 g/mol. The van der Waals surface area contributed by atoms with E-state index >= 15 is 0 Å². The van der Waals surface area contributed by atoms with Crippen molar-refractivity contribution in [3.63, 3.8) is 0 Å². The molecule has 88 valence electrons. The highest BCUT2D eigenvalue weighted by molar-refractivity contribution is 6.33. The minimum Gasteiger partial charge on any atom is -0.469 e. The number of methoxy groups -OCH3 is 1. The predicted molar refractivity (Wildman–Crippen MR) is 64.6 cm³/mol. The van der Waals surface area contributed by atoms with Gasteiger partial charge in [0, 0.05) is 11.8 Å². The molecule has 0 aliphatic carbocycles. The Kier molecular flexibility index (Phi) is 3.39. The number of ether oxygens (including phenoxy) is 1. The summed E-state index contributed by atoms with van der Waals surface area (Å²) in [6.07, 6.45) is 6.89. The molecule has 2 aromatic heterocycles. The summed E-state index contributed by atoms with van der Waals surface area (Å²) in [5, 5.41) is 0.377. The second kappa shape index (κ2) is 4.97. The Bertz CT molecular complexity index is 577. The zero-order valence-corrected chi connectivity index (χ0v) is 9.86. The first-order chi connectivity index (χ1) is 8.22. The van der Waals surface area contributed by atoms with E-state index in [0.29, 0.717) is 10.7 Å². The Morgan fingerprint density at radius 3 is 3.18 bits per heavy atom. The number of aromatic amines is 1. The van der Waals surface area contributed by atoms with E-state index in [2.05, 4.69) is 19.7 Å². The van der Waals surface area contributed by atoms with Gasteiger partial charge in [0.05, 0.1) is 13.5 Å². The van der Waals surface area contributed by atoms with E-state index < -0.39 is 0 Å². The standard InChI is InChI=1S/C11H10ClN3O2/c1-17-8(16)4-2-3-7-5-13-10-9(7)14-6-15-11(10)12/h2-3,5-6,13H,4H2,1H3. The number of nitrogens with zero attached hydrogens (tertiary/aromatic N) is 2. The third-order valence-corrected chi connectivity index (χ3v) is 2.54. The van der Waals surface area contributed by atoms with Gasteiger partial charge >= 0.3 is 5.97 Å². The minimum atomic E-state index is -0.284. The third-order valence-electron chi connectivity index (χ3n) is 2.26. The summed E-state index contributed by atoms with van der Waals surface area (Å²) < 4.78 is 4.53. The maximum absolute atomic E-state index is 10.9. The SMILES string of the molecule is COC(=O)CC=Cc1c[nH]c2c(Cl)ncnc12. The molecule has 0 saturated carbocycles. The van der Waals surface area contributed by atoms with E-state index in [1.807, 2.05) is 0 Å². The minimum absolute atomic E-state index is 0.224. The molecule has 0 aromatic carbocycles. The van der Waals surface area contributed by atoms with Gasteiger partial charge in [0.1, 0.15) is 17.4 Å². The van der Waals surface area contributed by atoms with E-state index in [-0.39, 0.29) is 12.4 Å². The van der Waals surface area contributed by atoms with Gasteiger partial charge < -0.3 is 9.72 Å². The van der Waals surface area contributed by atoms with Crippen molar-refractivity contribution in [1.29, 1.82) is 0 Å². The number of carbonyl (C=O) groups is 1. The van der Waals surface area contributed by atoms with Crippen molar-refractivity contribution >= 4 is 34.7 Å². The Labute approximate surface area is 102 Å². The molecule has 6 heteroatoms. The first kappa shape index (κ1) is 11.6. The number of carbonyl (C=O) groups excluding carboxylic acids is 1. The summed E-state index contributed by atoms with van der Waals surface area (Å²) in [5.74, 6) is -0.284. The Morgan fingerprint density at radius 1 is 1.59 bits per heavy atom. The van der Waals surface area contributed by atoms with Crippen LogP contribution in [0.15, 0.2) is 18.6 Å². The molecular formula is C11H10ClN3O2. The molecule has 0 saturated heterocycles. The fourth-order valence-corrected chi connectivity index (χ4v) is 1.61. The van der Waals surface area contributed by atoms with Gasteiger partial charge in [-0.3, -0.25) is 4.79 Å². The Balaban J connectivity index is 2.25. The third kappa shape index (κ3) is 2.45. The van der Waals surface area contributed by atoms with Crippen LogP contribution in [0.5, 0.6) is 0 Å². The molecule has 0 atom stereocenters. The number of nitrogens with one attached hydrogen (secondary N) is 1. The van der Waals surface area contributed by atoms with Gasteiger partial charge in [0.25, 0.3) is 0 Å². The first-order valence-corrected chi connectivity index (χ1v) is 5.31. The van der Waals surface area contributed by atoms with Crippen molar-refractivity contribution in [1.82, 2.24) is 15.0 Å². The fraction of sp³-hybridized carbons (Fsp3) is 0.182. The lowest BCUT2D eigenvalue weighted by Crippen LogP contribution is -1.96. The molecule has 5 nitrogen and oxygen atoms in total. The van der Waals surface area contributed by atoms with E-state index in [4.69, 9.17) is 11.6 Å². The van der Waals surface area contributed by atoms with E-state index in [1.165, 1.54) is 13.4 Å². The van der Waals surface area contributed by atoms with Crippen LogP contribution in [-0.4, -0.2) is 28.0 Å². The van der Waals surface area contributed by atoms with Crippen molar-refractivity contribution in [3.05, 3.63) is 29.3 Å². The highest BCUT2D eigenvalue weighted by atomic mass is 35.5. The molecule has 0 aliphatic heterocycles. The summed E-state index contributed by atoms with van der Waals surface area (Å²) in [7, 11) is 1.36. The number of fused-ring (bicyclic) bond motifs is 1. The molecule has 0 spiro atoms. The number of rotatable bonds is 3. The summed E-state index contributed by atoms with van der Waals surface area (Å²) in [4.78, 5) is 21.9. The molecule has 2 rings (SSSR count). The zero-order valence-electron chi connectivity index (χ0n) is 9.11. The van der Waals surface area contributed by atoms with Crippen LogP contribution in [0.3, 0.4) is 0 Å². The lowest BCUT2D eigenvalue weighted by Gasteiger charge is -1.93. The van der Waals surface area contributed by atoms with Gasteiger partial charge in [-0.2, -0.15) is 0 Å². The van der Waals surface area contributed by atoms with Crippen LogP contribution < -0.4 is 0 Å². The normalized spacial score (nSPS) is 11.2. The number of aromatic nitrogens is 3. The average Bonchev–Trinajstić information content (AvgIpc) is 2.74. The molecule has 0 fully saturated rings. The lowest BCUT2D eigenvalue weighted by atomic mass is 10.2. The van der Waals surface area contributed by atoms with Crippen LogP contribution in [0.4, 0.5) is 0 Å². The summed E-state index contributed by atoms with van der Waals surface area (Å²) in [6, 6.07) is 0. The first-order valence-electron chi connectivity index (χ1n) is 4.93. The second-order valence-corrected chi connectivity index (χ2v) is 3.67. The van der Waals surface area contributed by atoms with Gasteiger partial charge in [-0.05, 0) is 0 Å². The summed E-state index contributed by atoms with van der Waals surface area (Å²) in [6.45, 7) is 0. The van der Waals surface area contributed by atoms with Crippen molar-refractivity contribution in [2.24, 2.45) is 0 Å². The molecule has 2 heterocycles. The van der Waals surface area contributed by atoms with Crippen LogP contribution in [0.2, 0.25) is 5.15 Å². The van der Waals surface area contributed by atoms with Crippen molar-refractivity contribution in [3.8, 4) is 0 Å². The smallest absolute Gasteiger partial charge is 0.309 e. The zero-order chi connectivity index (χ0) is 12.3. The largest absolute Gasteiger partial charge is 0.469 e. The monoisotopic (exact) mass is 251 g/mol. The van der Waals surface area contributed by atoms with Crippen molar-refractivity contribution in [2.45, 2.75) is 6.42 Å². The molecule has 2 aromatic rings. The van der Waals surface area contributed by atoms with Gasteiger partial charge in [-0.1, -0.05) is 23.8 Å². The van der Waals surface area contributed by atoms with Crippen LogP contribution in [0.25, 0.3) is 17.1 Å². The number of hydrogen-bond donors (Lipinski definition) is 1. The van der Waals surface area contributed by atoms with Crippen LogP contribution in [0.1, 0.15) is 12.0 Å². The van der Waals surface area contributed by atoms with E-state index in [1.54, 1.807) is 18.3 Å². The van der Waals surface area contributed by atoms with Gasteiger partial charge in [0.2, 0.25) is 0 Å². The highest BCUT2D eigenvalue weighted by Gasteiger charge is 2.06. The van der Waals surface area contributed by atoms with Crippen LogP contribution in [0, 0.1) is 0 Å². The molecule has 17 heavy (non-hydrogen) atoms. The number of esters is 1. The lowest BCUT2D eigenvalue weighted by molar-refractivity contribution is -0.139. The molecule has 0 radical (unpaired) electrons. The Hall–Kier alpha value is -1.88. The molecule has 1 N–H and O–H groups in total. The quantitative estimate of drug-likeness (QED) is 0.671. The number of halogens is 1. The summed E-state index contributed by atoms with van der Waals surface area (Å²) in [5.41, 5.74) is 2.27. The molecule has 0 unspecified atom stereocenters. The topological polar surface area (TPSA) is 67.9 Å². The number of hydrogen-bond acceptors (Lipinski definition) is 4. The summed E-state index contributed by atoms with van der Waals surface area (Å²) >= 11 is 5.90. The van der Waals surface area contributed by atoms with Gasteiger partial charge in [0.15, 0.2) is 5.15 Å². The molecule has 0 amide bonds. The second-order valence-electron chi connectivity index (χ2n) is 3.31. The Morgan fingerprint density at radius 2 is 2.41 bits per heavy atom. The maximum atomic E-state index is 10.9. The molecule has 0 aliphatic rings. The van der Waals surface area contributed by atoms with E-state index in [9.17, 15) is 4.79 Å².